The van der Waals surface area contributed by atoms with Gasteiger partial charge in [-0.3, -0.25) is 0 Å². The summed E-state index contributed by atoms with van der Waals surface area (Å²) in [5, 5.41) is 19.6. The first-order valence-corrected chi connectivity index (χ1v) is 4.72. The number of carboxylic acid groups (broad SMARTS) is 1. The van der Waals surface area contributed by atoms with E-state index < -0.39 is 11.8 Å². The zero-order valence-electron chi connectivity index (χ0n) is 8.90. The van der Waals surface area contributed by atoms with Crippen molar-refractivity contribution in [2.45, 2.75) is 6.42 Å². The SMILES string of the molecule is Cn1nnc2c(CCOC(=O)O)cnn2c1=O. The Bertz CT molecular complexity index is 616. The van der Waals surface area contributed by atoms with Crippen molar-refractivity contribution in [3.8, 4) is 0 Å². The third-order valence-electron chi connectivity index (χ3n) is 2.15. The van der Waals surface area contributed by atoms with Gasteiger partial charge in [-0.2, -0.15) is 14.3 Å². The van der Waals surface area contributed by atoms with Crippen LogP contribution in [0.2, 0.25) is 0 Å². The lowest BCUT2D eigenvalue weighted by atomic mass is 10.2. The van der Waals surface area contributed by atoms with Gasteiger partial charge in [0.2, 0.25) is 0 Å². The molecular formula is C8H9N5O4. The second-order valence-corrected chi connectivity index (χ2v) is 3.27. The van der Waals surface area contributed by atoms with Gasteiger partial charge in [0.1, 0.15) is 0 Å². The third-order valence-corrected chi connectivity index (χ3v) is 2.15. The molecule has 0 aliphatic rings. The van der Waals surface area contributed by atoms with Crippen LogP contribution < -0.4 is 5.69 Å². The molecule has 0 spiro atoms. The molecule has 9 heteroatoms. The van der Waals surface area contributed by atoms with Gasteiger partial charge in [0.05, 0.1) is 12.8 Å². The summed E-state index contributed by atoms with van der Waals surface area (Å²) >= 11 is 0. The van der Waals surface area contributed by atoms with Crippen LogP contribution in [-0.4, -0.2) is 42.5 Å². The van der Waals surface area contributed by atoms with Crippen LogP contribution in [0.15, 0.2) is 11.0 Å². The maximum absolute atomic E-state index is 11.6. The minimum atomic E-state index is -1.34. The van der Waals surface area contributed by atoms with E-state index in [1.165, 1.54) is 13.2 Å². The van der Waals surface area contributed by atoms with Gasteiger partial charge in [0, 0.05) is 19.0 Å². The average Bonchev–Trinajstić information content (AvgIpc) is 2.67. The lowest BCUT2D eigenvalue weighted by Crippen LogP contribution is -2.28. The van der Waals surface area contributed by atoms with Gasteiger partial charge in [0.15, 0.2) is 5.65 Å². The molecule has 0 unspecified atom stereocenters. The first kappa shape index (κ1) is 11.0. The highest BCUT2D eigenvalue weighted by Crippen LogP contribution is 2.05. The fourth-order valence-electron chi connectivity index (χ4n) is 1.33. The molecule has 0 aliphatic heterocycles. The summed E-state index contributed by atoms with van der Waals surface area (Å²) in [5.74, 6) is 0. The molecule has 17 heavy (non-hydrogen) atoms. The van der Waals surface area contributed by atoms with Crippen LogP contribution in [0.25, 0.3) is 5.65 Å². The molecule has 0 atom stereocenters. The van der Waals surface area contributed by atoms with E-state index in [1.807, 2.05) is 0 Å². The topological polar surface area (TPSA) is 112 Å². The summed E-state index contributed by atoms with van der Waals surface area (Å²) in [6.07, 6.45) is 0.386. The largest absolute Gasteiger partial charge is 0.505 e. The van der Waals surface area contributed by atoms with Gasteiger partial charge >= 0.3 is 11.8 Å². The van der Waals surface area contributed by atoms with Crippen LogP contribution in [0.5, 0.6) is 0 Å². The second-order valence-electron chi connectivity index (χ2n) is 3.27. The maximum atomic E-state index is 11.6. The predicted molar refractivity (Wildman–Crippen MR) is 53.7 cm³/mol. The normalized spacial score (nSPS) is 10.6. The molecule has 90 valence electrons. The van der Waals surface area contributed by atoms with Gasteiger partial charge in [-0.15, -0.1) is 5.10 Å². The number of ether oxygens (including phenoxy) is 1. The molecule has 2 heterocycles. The van der Waals surface area contributed by atoms with Gasteiger partial charge in [0.25, 0.3) is 0 Å². The summed E-state index contributed by atoms with van der Waals surface area (Å²) in [6, 6.07) is 0. The number of aromatic nitrogens is 5. The summed E-state index contributed by atoms with van der Waals surface area (Å²) in [6.45, 7) is -0.0203. The number of aryl methyl sites for hydroxylation is 1. The van der Waals surface area contributed by atoms with Crippen molar-refractivity contribution in [3.63, 3.8) is 0 Å². The van der Waals surface area contributed by atoms with Crippen LogP contribution in [0.3, 0.4) is 0 Å². The Labute approximate surface area is 94.2 Å². The number of hydrogen-bond donors (Lipinski definition) is 1. The minimum Gasteiger partial charge on any atom is -0.450 e. The number of hydrogen-bond acceptors (Lipinski definition) is 6. The molecule has 2 rings (SSSR count). The molecule has 2 aromatic rings. The van der Waals surface area contributed by atoms with Crippen LogP contribution in [-0.2, 0) is 18.2 Å². The summed E-state index contributed by atoms with van der Waals surface area (Å²) in [5.41, 5.74) is 0.499. The van der Waals surface area contributed by atoms with E-state index in [0.29, 0.717) is 11.2 Å². The predicted octanol–water partition coefficient (Wildman–Crippen LogP) is -0.940. The van der Waals surface area contributed by atoms with Crippen molar-refractivity contribution in [2.75, 3.05) is 6.61 Å². The smallest absolute Gasteiger partial charge is 0.450 e. The molecule has 0 saturated heterocycles. The molecule has 9 nitrogen and oxygen atoms in total. The Kier molecular flexibility index (Phi) is 2.73. The highest BCUT2D eigenvalue weighted by atomic mass is 16.7. The first-order valence-electron chi connectivity index (χ1n) is 4.72. The van der Waals surface area contributed by atoms with Crippen molar-refractivity contribution in [3.05, 3.63) is 22.2 Å². The van der Waals surface area contributed by atoms with E-state index in [-0.39, 0.29) is 13.0 Å². The molecule has 0 fully saturated rings. The number of fused-ring (bicyclic) bond motifs is 1. The summed E-state index contributed by atoms with van der Waals surface area (Å²) in [7, 11) is 1.46. The van der Waals surface area contributed by atoms with Gasteiger partial charge in [-0.05, 0) is 0 Å². The Morgan fingerprint density at radius 1 is 1.59 bits per heavy atom. The Hall–Kier alpha value is -2.45. The zero-order chi connectivity index (χ0) is 12.4. The quantitative estimate of drug-likeness (QED) is 0.688. The molecular weight excluding hydrogens is 230 g/mol. The molecule has 0 radical (unpaired) electrons. The highest BCUT2D eigenvalue weighted by molar-refractivity contribution is 5.56. The van der Waals surface area contributed by atoms with E-state index in [2.05, 4.69) is 20.1 Å². The fraction of sp³-hybridized carbons (Fsp3) is 0.375. The fourth-order valence-corrected chi connectivity index (χ4v) is 1.33. The van der Waals surface area contributed by atoms with E-state index in [9.17, 15) is 9.59 Å². The molecule has 0 amide bonds. The van der Waals surface area contributed by atoms with Gasteiger partial charge in [-0.25, -0.2) is 9.59 Å². The van der Waals surface area contributed by atoms with Crippen molar-refractivity contribution in [1.29, 1.82) is 0 Å². The average molecular weight is 239 g/mol. The standard InChI is InChI=1S/C8H9N5O4/c1-12-7(14)13-6(10-11-12)5(4-9-13)2-3-17-8(15)16/h4H,2-3H2,1H3,(H,15,16). The number of nitrogens with zero attached hydrogens (tertiary/aromatic N) is 5. The van der Waals surface area contributed by atoms with Gasteiger partial charge in [-0.1, -0.05) is 5.21 Å². The summed E-state index contributed by atoms with van der Waals surface area (Å²) < 4.78 is 6.52. The lowest BCUT2D eigenvalue weighted by Gasteiger charge is -1.99. The minimum absolute atomic E-state index is 0.0203. The van der Waals surface area contributed by atoms with Crippen molar-refractivity contribution >= 4 is 11.8 Å². The van der Waals surface area contributed by atoms with Crippen molar-refractivity contribution in [2.24, 2.45) is 7.05 Å². The van der Waals surface area contributed by atoms with Crippen LogP contribution in [0.1, 0.15) is 5.56 Å². The molecule has 0 saturated carbocycles. The molecule has 0 bridgehead atoms. The van der Waals surface area contributed by atoms with Crippen molar-refractivity contribution in [1.82, 2.24) is 24.6 Å². The monoisotopic (exact) mass is 239 g/mol. The molecule has 0 aliphatic carbocycles. The van der Waals surface area contributed by atoms with Gasteiger partial charge < -0.3 is 9.84 Å². The zero-order valence-corrected chi connectivity index (χ0v) is 8.90. The highest BCUT2D eigenvalue weighted by Gasteiger charge is 2.10. The third kappa shape index (κ3) is 2.07. The molecule has 2 aromatic heterocycles. The molecule has 1 N–H and O–H groups in total. The van der Waals surface area contributed by atoms with Crippen LogP contribution >= 0.6 is 0 Å². The summed E-state index contributed by atoms with van der Waals surface area (Å²) in [4.78, 5) is 21.7. The maximum Gasteiger partial charge on any atom is 0.505 e. The Balaban J connectivity index is 2.28. The van der Waals surface area contributed by atoms with E-state index in [1.54, 1.807) is 0 Å². The lowest BCUT2D eigenvalue weighted by molar-refractivity contribution is 0.0927. The Morgan fingerprint density at radius 2 is 2.35 bits per heavy atom. The van der Waals surface area contributed by atoms with Crippen molar-refractivity contribution < 1.29 is 14.6 Å². The first-order chi connectivity index (χ1) is 8.09. The van der Waals surface area contributed by atoms with E-state index in [4.69, 9.17) is 5.11 Å². The Morgan fingerprint density at radius 3 is 3.06 bits per heavy atom. The second kappa shape index (κ2) is 4.20. The van der Waals surface area contributed by atoms with E-state index >= 15 is 0 Å². The number of rotatable bonds is 3. The van der Waals surface area contributed by atoms with Crippen LogP contribution in [0, 0.1) is 0 Å². The van der Waals surface area contributed by atoms with E-state index in [0.717, 1.165) is 9.20 Å². The van der Waals surface area contributed by atoms with Crippen LogP contribution in [0.4, 0.5) is 4.79 Å². The molecule has 0 aromatic carbocycles. The number of carbonyl (C=O) groups is 1.